The zero-order valence-corrected chi connectivity index (χ0v) is 15.4. The number of rotatable bonds is 6. The molecule has 0 aliphatic heterocycles. The van der Waals surface area contributed by atoms with Crippen molar-refractivity contribution < 1.29 is 9.50 Å². The molecule has 4 rings (SSSR count). The van der Waals surface area contributed by atoms with Gasteiger partial charge in [-0.3, -0.25) is 4.40 Å². The van der Waals surface area contributed by atoms with Crippen molar-refractivity contribution in [3.05, 3.63) is 53.9 Å². The highest BCUT2D eigenvalue weighted by atomic mass is 32.1. The van der Waals surface area contributed by atoms with Crippen LogP contribution in [-0.2, 0) is 0 Å². The van der Waals surface area contributed by atoms with E-state index in [4.69, 9.17) is 4.98 Å². The Bertz CT molecular complexity index is 1060. The maximum atomic E-state index is 13.3. The number of aliphatic hydroxyl groups excluding tert-OH is 1. The molecule has 0 amide bonds. The number of hydrogen-bond acceptors (Lipinski definition) is 6. The molecule has 4 aromatic rings. The molecule has 3 heterocycles. The Morgan fingerprint density at radius 3 is 2.81 bits per heavy atom. The molecule has 2 N–H and O–H groups in total. The van der Waals surface area contributed by atoms with Crippen LogP contribution in [-0.4, -0.2) is 37.1 Å². The summed E-state index contributed by atoms with van der Waals surface area (Å²) in [5.41, 5.74) is 3.07. The second kappa shape index (κ2) is 7.42. The number of nitrogens with zero attached hydrogens (tertiary/aromatic N) is 4. The molecular weight excluding hydrogens is 365 g/mol. The van der Waals surface area contributed by atoms with Crippen molar-refractivity contribution in [3.63, 3.8) is 0 Å². The van der Waals surface area contributed by atoms with Crippen LogP contribution >= 0.6 is 11.3 Å². The standard InChI is InChI=1S/C19H18FN5OS/c1-2-14(26)11-22-18-21-8-7-15(23-18)17-16(12-3-5-13(20)6-4-12)24-19-25(17)9-10-27-19/h3-10,14,26H,2,11H2,1H3,(H,21,22,23). The lowest BCUT2D eigenvalue weighted by atomic mass is 10.1. The summed E-state index contributed by atoms with van der Waals surface area (Å²) in [6, 6.07) is 8.08. The third kappa shape index (κ3) is 3.54. The van der Waals surface area contributed by atoms with Crippen LogP contribution in [0.25, 0.3) is 27.6 Å². The lowest BCUT2D eigenvalue weighted by Crippen LogP contribution is -2.19. The van der Waals surface area contributed by atoms with Crippen molar-refractivity contribution in [1.82, 2.24) is 19.4 Å². The lowest BCUT2D eigenvalue weighted by Gasteiger charge is -2.10. The fourth-order valence-electron chi connectivity index (χ4n) is 2.77. The minimum Gasteiger partial charge on any atom is -0.391 e. The smallest absolute Gasteiger partial charge is 0.223 e. The first-order valence-electron chi connectivity index (χ1n) is 8.62. The highest BCUT2D eigenvalue weighted by molar-refractivity contribution is 7.15. The molecule has 0 saturated heterocycles. The summed E-state index contributed by atoms with van der Waals surface area (Å²) in [4.78, 5) is 14.4. The molecule has 1 aromatic carbocycles. The van der Waals surface area contributed by atoms with Crippen molar-refractivity contribution >= 4 is 22.2 Å². The fraction of sp³-hybridized carbons (Fsp3) is 0.211. The molecule has 138 valence electrons. The molecule has 1 unspecified atom stereocenters. The maximum absolute atomic E-state index is 13.3. The van der Waals surface area contributed by atoms with Gasteiger partial charge in [0.2, 0.25) is 5.95 Å². The van der Waals surface area contributed by atoms with Crippen LogP contribution in [0.3, 0.4) is 0 Å². The van der Waals surface area contributed by atoms with Gasteiger partial charge < -0.3 is 10.4 Å². The average molecular weight is 383 g/mol. The SMILES string of the molecule is CCC(O)CNc1nccc(-c2c(-c3ccc(F)cc3)nc3sccn23)n1. The molecule has 6 nitrogen and oxygen atoms in total. The minimum absolute atomic E-state index is 0.288. The van der Waals surface area contributed by atoms with Gasteiger partial charge in [-0.25, -0.2) is 19.3 Å². The summed E-state index contributed by atoms with van der Waals surface area (Å²) >= 11 is 1.52. The molecule has 1 atom stereocenters. The van der Waals surface area contributed by atoms with E-state index in [1.165, 1.54) is 23.5 Å². The summed E-state index contributed by atoms with van der Waals surface area (Å²) < 4.78 is 15.3. The van der Waals surface area contributed by atoms with Crippen LogP contribution in [0.5, 0.6) is 0 Å². The summed E-state index contributed by atoms with van der Waals surface area (Å²) in [6.07, 6.45) is 3.80. The second-order valence-corrected chi connectivity index (χ2v) is 6.95. The number of aliphatic hydroxyl groups is 1. The molecule has 0 bridgehead atoms. The predicted molar refractivity (Wildman–Crippen MR) is 104 cm³/mol. The van der Waals surface area contributed by atoms with Crippen molar-refractivity contribution in [1.29, 1.82) is 0 Å². The van der Waals surface area contributed by atoms with Crippen LogP contribution in [0.15, 0.2) is 48.1 Å². The van der Waals surface area contributed by atoms with E-state index in [1.54, 1.807) is 18.3 Å². The van der Waals surface area contributed by atoms with E-state index in [0.29, 0.717) is 24.6 Å². The molecule has 0 aliphatic rings. The molecule has 0 aliphatic carbocycles. The first-order valence-corrected chi connectivity index (χ1v) is 9.50. The first kappa shape index (κ1) is 17.6. The highest BCUT2D eigenvalue weighted by Crippen LogP contribution is 2.33. The molecular formula is C19H18FN5OS. The topological polar surface area (TPSA) is 75.3 Å². The van der Waals surface area contributed by atoms with E-state index in [2.05, 4.69) is 15.3 Å². The van der Waals surface area contributed by atoms with E-state index in [-0.39, 0.29) is 5.82 Å². The number of thiazole rings is 1. The summed E-state index contributed by atoms with van der Waals surface area (Å²) in [7, 11) is 0. The number of nitrogens with one attached hydrogen (secondary N) is 1. The Kier molecular flexibility index (Phi) is 4.83. The molecule has 8 heteroatoms. The molecule has 0 spiro atoms. The van der Waals surface area contributed by atoms with Crippen LogP contribution in [0.2, 0.25) is 0 Å². The summed E-state index contributed by atoms with van der Waals surface area (Å²) in [6.45, 7) is 2.29. The Balaban J connectivity index is 1.78. The van der Waals surface area contributed by atoms with E-state index in [1.807, 2.05) is 29.0 Å². The molecule has 3 aromatic heterocycles. The van der Waals surface area contributed by atoms with Gasteiger partial charge in [0, 0.05) is 29.9 Å². The van der Waals surface area contributed by atoms with Crippen molar-refractivity contribution in [2.45, 2.75) is 19.4 Å². The third-order valence-corrected chi connectivity index (χ3v) is 5.00. The molecule has 0 fully saturated rings. The number of anilines is 1. The molecule has 0 radical (unpaired) electrons. The van der Waals surface area contributed by atoms with Crippen molar-refractivity contribution in [3.8, 4) is 22.6 Å². The lowest BCUT2D eigenvalue weighted by molar-refractivity contribution is 0.183. The Labute approximate surface area is 159 Å². The number of hydrogen-bond donors (Lipinski definition) is 2. The van der Waals surface area contributed by atoms with Crippen LogP contribution in [0.1, 0.15) is 13.3 Å². The molecule has 27 heavy (non-hydrogen) atoms. The number of benzene rings is 1. The van der Waals surface area contributed by atoms with Gasteiger partial charge >= 0.3 is 0 Å². The number of imidazole rings is 1. The minimum atomic E-state index is -0.453. The Morgan fingerprint density at radius 2 is 2.04 bits per heavy atom. The van der Waals surface area contributed by atoms with Crippen LogP contribution in [0.4, 0.5) is 10.3 Å². The van der Waals surface area contributed by atoms with Gasteiger partial charge in [-0.1, -0.05) is 6.92 Å². The van der Waals surface area contributed by atoms with E-state index < -0.39 is 6.10 Å². The Hall–Kier alpha value is -2.84. The van der Waals surface area contributed by atoms with Gasteiger partial charge in [0.25, 0.3) is 0 Å². The average Bonchev–Trinajstić information content (AvgIpc) is 3.28. The number of aromatic nitrogens is 4. The fourth-order valence-corrected chi connectivity index (χ4v) is 3.48. The normalized spacial score (nSPS) is 12.4. The highest BCUT2D eigenvalue weighted by Gasteiger charge is 2.18. The number of halogens is 1. The van der Waals surface area contributed by atoms with Gasteiger partial charge in [-0.05, 0) is 36.8 Å². The quantitative estimate of drug-likeness (QED) is 0.529. The van der Waals surface area contributed by atoms with Gasteiger partial charge in [0.1, 0.15) is 11.5 Å². The van der Waals surface area contributed by atoms with E-state index in [9.17, 15) is 9.50 Å². The van der Waals surface area contributed by atoms with Gasteiger partial charge in [0.05, 0.1) is 17.5 Å². The zero-order chi connectivity index (χ0) is 18.8. The van der Waals surface area contributed by atoms with E-state index >= 15 is 0 Å². The Morgan fingerprint density at radius 1 is 1.22 bits per heavy atom. The monoisotopic (exact) mass is 383 g/mol. The predicted octanol–water partition coefficient (Wildman–Crippen LogP) is 3.84. The van der Waals surface area contributed by atoms with Gasteiger partial charge in [-0.2, -0.15) is 0 Å². The van der Waals surface area contributed by atoms with Crippen LogP contribution < -0.4 is 5.32 Å². The summed E-state index contributed by atoms with van der Waals surface area (Å²) in [5.74, 6) is 0.152. The zero-order valence-electron chi connectivity index (χ0n) is 14.6. The van der Waals surface area contributed by atoms with Crippen molar-refractivity contribution in [2.75, 3.05) is 11.9 Å². The molecule has 0 saturated carbocycles. The maximum Gasteiger partial charge on any atom is 0.223 e. The van der Waals surface area contributed by atoms with Gasteiger partial charge in [0.15, 0.2) is 4.96 Å². The van der Waals surface area contributed by atoms with Crippen LogP contribution in [0, 0.1) is 5.82 Å². The first-order chi connectivity index (χ1) is 13.2. The van der Waals surface area contributed by atoms with E-state index in [0.717, 1.165) is 21.9 Å². The third-order valence-electron chi connectivity index (χ3n) is 4.25. The van der Waals surface area contributed by atoms with Gasteiger partial charge in [-0.15, -0.1) is 11.3 Å². The largest absolute Gasteiger partial charge is 0.391 e. The summed E-state index contributed by atoms with van der Waals surface area (Å²) in [5, 5.41) is 14.8. The number of fused-ring (bicyclic) bond motifs is 1. The second-order valence-electron chi connectivity index (χ2n) is 6.08. The van der Waals surface area contributed by atoms with Crippen molar-refractivity contribution in [2.24, 2.45) is 0 Å².